The van der Waals surface area contributed by atoms with Crippen molar-refractivity contribution in [1.82, 2.24) is 4.72 Å². The highest BCUT2D eigenvalue weighted by atomic mass is 32.2. The van der Waals surface area contributed by atoms with E-state index in [9.17, 15) is 18.0 Å². The standard InChI is InChI=1S/C9H17NO6S/c1-4-6(2)8(9(12)13)10-17(14,15)5-7(11)16-3/h6,8,10H,4-5H2,1-3H3,(H,12,13)/t6-,8-/m0/s1. The molecule has 0 saturated heterocycles. The highest BCUT2D eigenvalue weighted by Crippen LogP contribution is 2.09. The van der Waals surface area contributed by atoms with Gasteiger partial charge in [-0.15, -0.1) is 0 Å². The van der Waals surface area contributed by atoms with Crippen molar-refractivity contribution in [3.8, 4) is 0 Å². The molecule has 0 rings (SSSR count). The van der Waals surface area contributed by atoms with Gasteiger partial charge in [0.25, 0.3) is 0 Å². The second-order valence-electron chi connectivity index (χ2n) is 3.65. The number of carbonyl (C=O) groups is 2. The molecule has 0 spiro atoms. The third kappa shape index (κ3) is 5.64. The number of rotatable bonds is 7. The quantitative estimate of drug-likeness (QED) is 0.606. The van der Waals surface area contributed by atoms with E-state index in [2.05, 4.69) is 4.74 Å². The molecule has 0 aliphatic carbocycles. The first-order valence-corrected chi connectivity index (χ1v) is 6.68. The van der Waals surface area contributed by atoms with E-state index in [4.69, 9.17) is 5.11 Å². The molecular formula is C9H17NO6S. The molecule has 0 bridgehead atoms. The minimum atomic E-state index is -4.00. The predicted octanol–water partition coefficient (Wildman–Crippen LogP) is -0.422. The van der Waals surface area contributed by atoms with E-state index < -0.39 is 33.8 Å². The van der Waals surface area contributed by atoms with Gasteiger partial charge in [0.05, 0.1) is 7.11 Å². The Morgan fingerprint density at radius 3 is 2.29 bits per heavy atom. The normalized spacial score (nSPS) is 15.0. The fourth-order valence-electron chi connectivity index (χ4n) is 1.09. The van der Waals surface area contributed by atoms with E-state index in [1.165, 1.54) is 0 Å². The van der Waals surface area contributed by atoms with Crippen LogP contribution in [0.1, 0.15) is 20.3 Å². The van der Waals surface area contributed by atoms with Crippen LogP contribution in [0, 0.1) is 5.92 Å². The van der Waals surface area contributed by atoms with Crippen LogP contribution >= 0.6 is 0 Å². The van der Waals surface area contributed by atoms with E-state index in [0.717, 1.165) is 7.11 Å². The molecule has 0 aliphatic rings. The van der Waals surface area contributed by atoms with Crippen LogP contribution in [0.5, 0.6) is 0 Å². The van der Waals surface area contributed by atoms with Gasteiger partial charge in [0, 0.05) is 0 Å². The summed E-state index contributed by atoms with van der Waals surface area (Å²) in [5, 5.41) is 8.89. The number of hydrogen-bond acceptors (Lipinski definition) is 5. The van der Waals surface area contributed by atoms with Crippen LogP contribution in [-0.4, -0.2) is 44.4 Å². The zero-order valence-electron chi connectivity index (χ0n) is 9.97. The summed E-state index contributed by atoms with van der Waals surface area (Å²) in [6, 6.07) is -1.24. The van der Waals surface area contributed by atoms with Gasteiger partial charge in [-0.05, 0) is 5.92 Å². The first-order chi connectivity index (χ1) is 7.73. The molecule has 0 unspecified atom stereocenters. The molecule has 100 valence electrons. The molecule has 0 aromatic carbocycles. The van der Waals surface area contributed by atoms with Crippen LogP contribution in [0.2, 0.25) is 0 Å². The van der Waals surface area contributed by atoms with E-state index in [1.807, 2.05) is 4.72 Å². The van der Waals surface area contributed by atoms with Crippen molar-refractivity contribution in [3.05, 3.63) is 0 Å². The number of hydrogen-bond donors (Lipinski definition) is 2. The van der Waals surface area contributed by atoms with Crippen molar-refractivity contribution in [2.45, 2.75) is 26.3 Å². The lowest BCUT2D eigenvalue weighted by atomic mass is 10.0. The van der Waals surface area contributed by atoms with Crippen LogP contribution in [0.4, 0.5) is 0 Å². The first kappa shape index (κ1) is 15.9. The van der Waals surface area contributed by atoms with Gasteiger partial charge in [-0.3, -0.25) is 9.59 Å². The summed E-state index contributed by atoms with van der Waals surface area (Å²) in [7, 11) is -2.94. The number of esters is 1. The molecule has 0 aromatic rings. The first-order valence-electron chi connectivity index (χ1n) is 5.03. The Morgan fingerprint density at radius 2 is 1.94 bits per heavy atom. The van der Waals surface area contributed by atoms with Crippen molar-refractivity contribution in [3.63, 3.8) is 0 Å². The Kier molecular flexibility index (Phi) is 6.11. The maximum Gasteiger partial charge on any atom is 0.322 e. The Labute approximate surface area is 100 Å². The van der Waals surface area contributed by atoms with Gasteiger partial charge in [0.1, 0.15) is 6.04 Å². The largest absolute Gasteiger partial charge is 0.480 e. The summed E-state index contributed by atoms with van der Waals surface area (Å²) >= 11 is 0. The second kappa shape index (κ2) is 6.55. The van der Waals surface area contributed by atoms with E-state index in [1.54, 1.807) is 13.8 Å². The molecule has 2 N–H and O–H groups in total. The van der Waals surface area contributed by atoms with Crippen molar-refractivity contribution >= 4 is 22.0 Å². The van der Waals surface area contributed by atoms with Gasteiger partial charge in [0.2, 0.25) is 10.0 Å². The monoisotopic (exact) mass is 267 g/mol. The number of sulfonamides is 1. The third-order valence-electron chi connectivity index (χ3n) is 2.32. The molecule has 7 nitrogen and oxygen atoms in total. The average molecular weight is 267 g/mol. The van der Waals surface area contributed by atoms with Crippen molar-refractivity contribution in [2.75, 3.05) is 12.9 Å². The van der Waals surface area contributed by atoms with Gasteiger partial charge >= 0.3 is 11.9 Å². The summed E-state index contributed by atoms with van der Waals surface area (Å²) in [6.45, 7) is 3.36. The zero-order valence-corrected chi connectivity index (χ0v) is 10.8. The minimum Gasteiger partial charge on any atom is -0.480 e. The van der Waals surface area contributed by atoms with Gasteiger partial charge in [0.15, 0.2) is 5.75 Å². The minimum absolute atomic E-state index is 0.375. The van der Waals surface area contributed by atoms with Crippen LogP contribution in [0.15, 0.2) is 0 Å². The number of carboxylic acids is 1. The van der Waals surface area contributed by atoms with E-state index in [0.29, 0.717) is 6.42 Å². The van der Waals surface area contributed by atoms with Gasteiger partial charge in [-0.25, -0.2) is 13.1 Å². The lowest BCUT2D eigenvalue weighted by molar-refractivity contribution is -0.140. The van der Waals surface area contributed by atoms with Gasteiger partial charge in [-0.1, -0.05) is 20.3 Å². The van der Waals surface area contributed by atoms with Crippen LogP contribution < -0.4 is 4.72 Å². The summed E-state index contributed by atoms with van der Waals surface area (Å²) in [4.78, 5) is 21.7. The van der Waals surface area contributed by atoms with Crippen molar-refractivity contribution in [1.29, 1.82) is 0 Å². The van der Waals surface area contributed by atoms with E-state index >= 15 is 0 Å². The lowest BCUT2D eigenvalue weighted by Gasteiger charge is -2.19. The number of carbonyl (C=O) groups excluding carboxylic acids is 1. The fourth-order valence-corrected chi connectivity index (χ4v) is 2.33. The summed E-state index contributed by atoms with van der Waals surface area (Å²) in [5.74, 6) is -3.47. The highest BCUT2D eigenvalue weighted by molar-refractivity contribution is 7.90. The number of carboxylic acid groups (broad SMARTS) is 1. The predicted molar refractivity (Wildman–Crippen MR) is 59.8 cm³/mol. The molecule has 0 aliphatic heterocycles. The fraction of sp³-hybridized carbons (Fsp3) is 0.778. The summed E-state index contributed by atoms with van der Waals surface area (Å²) < 4.78 is 29.1. The Balaban J connectivity index is 4.76. The topological polar surface area (TPSA) is 110 Å². The van der Waals surface area contributed by atoms with Crippen molar-refractivity contribution < 1.29 is 27.9 Å². The molecule has 0 aromatic heterocycles. The van der Waals surface area contributed by atoms with E-state index in [-0.39, 0.29) is 5.92 Å². The molecule has 8 heteroatoms. The van der Waals surface area contributed by atoms with Crippen LogP contribution in [0.3, 0.4) is 0 Å². The molecular weight excluding hydrogens is 250 g/mol. The number of methoxy groups -OCH3 is 1. The SMILES string of the molecule is CC[C@H](C)[C@H](NS(=O)(=O)CC(=O)OC)C(=O)O. The summed E-state index contributed by atoms with van der Waals surface area (Å²) in [6.07, 6.45) is 0.498. The van der Waals surface area contributed by atoms with Crippen LogP contribution in [0.25, 0.3) is 0 Å². The molecule has 0 amide bonds. The summed E-state index contributed by atoms with van der Waals surface area (Å²) in [5.41, 5.74) is 0. The van der Waals surface area contributed by atoms with Gasteiger partial charge < -0.3 is 9.84 Å². The molecule has 0 radical (unpaired) electrons. The lowest BCUT2D eigenvalue weighted by Crippen LogP contribution is -2.46. The second-order valence-corrected chi connectivity index (χ2v) is 5.41. The van der Waals surface area contributed by atoms with Crippen LogP contribution in [-0.2, 0) is 24.3 Å². The third-order valence-corrected chi connectivity index (χ3v) is 3.55. The molecule has 17 heavy (non-hydrogen) atoms. The van der Waals surface area contributed by atoms with Gasteiger partial charge in [-0.2, -0.15) is 0 Å². The average Bonchev–Trinajstić information content (AvgIpc) is 2.23. The van der Waals surface area contributed by atoms with Crippen molar-refractivity contribution in [2.24, 2.45) is 5.92 Å². The number of aliphatic carboxylic acids is 1. The molecule has 0 saturated carbocycles. The molecule has 0 fully saturated rings. The maximum absolute atomic E-state index is 11.5. The Hall–Kier alpha value is -1.15. The smallest absolute Gasteiger partial charge is 0.322 e. The number of ether oxygens (including phenoxy) is 1. The maximum atomic E-state index is 11.5. The Bertz CT molecular complexity index is 377. The molecule has 2 atom stereocenters. The zero-order chi connectivity index (χ0) is 13.6. The molecule has 0 heterocycles. The highest BCUT2D eigenvalue weighted by Gasteiger charge is 2.29. The number of nitrogens with one attached hydrogen (secondary N) is 1. The Morgan fingerprint density at radius 1 is 1.41 bits per heavy atom.